The van der Waals surface area contributed by atoms with Crippen LogP contribution in [-0.4, -0.2) is 17.9 Å². The summed E-state index contributed by atoms with van der Waals surface area (Å²) < 4.78 is 5.84. The van der Waals surface area contributed by atoms with Crippen LogP contribution in [0.25, 0.3) is 0 Å². The Hall–Kier alpha value is -1.12. The van der Waals surface area contributed by atoms with Crippen molar-refractivity contribution in [2.24, 2.45) is 28.6 Å². The maximum atomic E-state index is 12.1. The van der Waals surface area contributed by atoms with E-state index in [4.69, 9.17) is 4.74 Å². The number of carbonyl (C=O) groups is 2. The van der Waals surface area contributed by atoms with Crippen LogP contribution in [0.2, 0.25) is 0 Å². The molecule has 4 rings (SSSR count). The lowest BCUT2D eigenvalue weighted by atomic mass is 9.49. The second-order valence-corrected chi connectivity index (χ2v) is 9.10. The molecule has 4 aliphatic rings. The fourth-order valence-electron chi connectivity index (χ4n) is 6.80. The van der Waals surface area contributed by atoms with Crippen molar-refractivity contribution in [3.8, 4) is 0 Å². The van der Waals surface area contributed by atoms with Crippen molar-refractivity contribution in [3.63, 3.8) is 0 Å². The zero-order valence-electron chi connectivity index (χ0n) is 15.3. The number of fused-ring (bicyclic) bond motifs is 5. The minimum Gasteiger partial charge on any atom is -0.462 e. The van der Waals surface area contributed by atoms with Crippen molar-refractivity contribution in [2.75, 3.05) is 0 Å². The predicted octanol–water partition coefficient (Wildman–Crippen LogP) is 4.45. The lowest BCUT2D eigenvalue weighted by molar-refractivity contribution is -0.159. The highest BCUT2D eigenvalue weighted by atomic mass is 16.5. The van der Waals surface area contributed by atoms with E-state index < -0.39 is 0 Å². The lowest BCUT2D eigenvalue weighted by Crippen LogP contribution is -2.50. The normalized spacial score (nSPS) is 46.8. The zero-order chi connectivity index (χ0) is 17.1. The third-order valence-corrected chi connectivity index (χ3v) is 8.09. The third-order valence-electron chi connectivity index (χ3n) is 8.09. The van der Waals surface area contributed by atoms with Gasteiger partial charge >= 0.3 is 5.97 Å². The number of ketones is 1. The fourth-order valence-corrected chi connectivity index (χ4v) is 6.80. The van der Waals surface area contributed by atoms with Gasteiger partial charge in [0.25, 0.3) is 0 Å². The Balaban J connectivity index is 1.59. The van der Waals surface area contributed by atoms with Crippen LogP contribution < -0.4 is 0 Å². The second kappa shape index (κ2) is 5.44. The first-order valence-corrected chi connectivity index (χ1v) is 9.82. The Morgan fingerprint density at radius 3 is 2.75 bits per heavy atom. The lowest BCUT2D eigenvalue weighted by Gasteiger charge is -2.55. The molecule has 3 nitrogen and oxygen atoms in total. The summed E-state index contributed by atoms with van der Waals surface area (Å²) >= 11 is 0. The molecule has 132 valence electrons. The van der Waals surface area contributed by atoms with Gasteiger partial charge in [-0.2, -0.15) is 0 Å². The molecule has 3 fully saturated rings. The van der Waals surface area contributed by atoms with Gasteiger partial charge in [0.15, 0.2) is 5.78 Å². The van der Waals surface area contributed by atoms with Gasteiger partial charge in [-0.1, -0.05) is 26.3 Å². The molecule has 0 spiro atoms. The molecule has 0 aliphatic heterocycles. The SMILES string of the molecule is CCC(=O)O[C@@H]1CC[C@@H]2[C@H]3CCC4=CC(=O)C[C@@]4(C)[C@@H]3CC[C@@]21C. The van der Waals surface area contributed by atoms with Crippen LogP contribution in [0.5, 0.6) is 0 Å². The van der Waals surface area contributed by atoms with Crippen molar-refractivity contribution >= 4 is 11.8 Å². The van der Waals surface area contributed by atoms with Gasteiger partial charge in [0.05, 0.1) is 0 Å². The molecule has 0 bridgehead atoms. The van der Waals surface area contributed by atoms with Gasteiger partial charge in [-0.3, -0.25) is 9.59 Å². The minimum absolute atomic E-state index is 0.0498. The van der Waals surface area contributed by atoms with Gasteiger partial charge in [-0.05, 0) is 67.8 Å². The summed E-state index contributed by atoms with van der Waals surface area (Å²) in [6, 6.07) is 0. The third kappa shape index (κ3) is 2.16. The van der Waals surface area contributed by atoms with Crippen LogP contribution in [-0.2, 0) is 14.3 Å². The van der Waals surface area contributed by atoms with E-state index in [9.17, 15) is 9.59 Å². The Kier molecular flexibility index (Phi) is 3.71. The molecule has 4 aliphatic carbocycles. The first kappa shape index (κ1) is 16.4. The summed E-state index contributed by atoms with van der Waals surface area (Å²) in [7, 11) is 0. The molecule has 6 atom stereocenters. The van der Waals surface area contributed by atoms with E-state index in [0.717, 1.165) is 25.7 Å². The monoisotopic (exact) mass is 330 g/mol. The molecule has 24 heavy (non-hydrogen) atoms. The van der Waals surface area contributed by atoms with Crippen molar-refractivity contribution in [3.05, 3.63) is 11.6 Å². The van der Waals surface area contributed by atoms with Gasteiger partial charge < -0.3 is 4.74 Å². The van der Waals surface area contributed by atoms with E-state index in [2.05, 4.69) is 13.8 Å². The summed E-state index contributed by atoms with van der Waals surface area (Å²) in [5.41, 5.74) is 1.68. The van der Waals surface area contributed by atoms with Gasteiger partial charge in [-0.25, -0.2) is 0 Å². The minimum atomic E-state index is -0.0498. The Labute approximate surface area is 145 Å². The first-order chi connectivity index (χ1) is 11.4. The average Bonchev–Trinajstić information content (AvgIpc) is 3.03. The fraction of sp³-hybridized carbons (Fsp3) is 0.810. The molecule has 0 aromatic carbocycles. The highest BCUT2D eigenvalue weighted by molar-refractivity contribution is 5.94. The Morgan fingerprint density at radius 1 is 1.21 bits per heavy atom. The average molecular weight is 330 g/mol. The van der Waals surface area contributed by atoms with E-state index in [1.54, 1.807) is 0 Å². The molecular formula is C21H30O3. The van der Waals surface area contributed by atoms with Gasteiger partial charge in [-0.15, -0.1) is 0 Å². The zero-order valence-corrected chi connectivity index (χ0v) is 15.3. The maximum absolute atomic E-state index is 12.1. The van der Waals surface area contributed by atoms with Crippen molar-refractivity contribution in [1.29, 1.82) is 0 Å². The van der Waals surface area contributed by atoms with Crippen LogP contribution >= 0.6 is 0 Å². The number of rotatable bonds is 2. The van der Waals surface area contributed by atoms with E-state index in [1.807, 2.05) is 13.0 Å². The van der Waals surface area contributed by atoms with Crippen LogP contribution in [0, 0.1) is 28.6 Å². The van der Waals surface area contributed by atoms with E-state index in [1.165, 1.54) is 24.8 Å². The van der Waals surface area contributed by atoms with Crippen molar-refractivity contribution in [2.45, 2.75) is 78.2 Å². The van der Waals surface area contributed by atoms with Crippen molar-refractivity contribution in [1.82, 2.24) is 0 Å². The number of allylic oxidation sites excluding steroid dienone is 2. The van der Waals surface area contributed by atoms with E-state index in [-0.39, 0.29) is 22.9 Å². The van der Waals surface area contributed by atoms with Crippen LogP contribution in [0.3, 0.4) is 0 Å². The molecular weight excluding hydrogens is 300 g/mol. The predicted molar refractivity (Wildman–Crippen MR) is 92.3 cm³/mol. The molecule has 0 amide bonds. The van der Waals surface area contributed by atoms with Crippen LogP contribution in [0.1, 0.15) is 72.1 Å². The van der Waals surface area contributed by atoms with Crippen LogP contribution in [0.15, 0.2) is 11.6 Å². The summed E-state index contributed by atoms with van der Waals surface area (Å²) in [5, 5.41) is 0. The number of esters is 1. The highest BCUT2D eigenvalue weighted by Crippen LogP contribution is 2.65. The Bertz CT molecular complexity index is 606. The van der Waals surface area contributed by atoms with Gasteiger partial charge in [0.2, 0.25) is 0 Å². The van der Waals surface area contributed by atoms with Gasteiger partial charge in [0.1, 0.15) is 6.10 Å². The standard InChI is InChI=1S/C21H30O3/c1-4-19(23)24-18-8-7-16-15-6-5-13-11-14(22)12-21(13,3)17(15)9-10-20(16,18)2/h11,15-18H,4-10,12H2,1-3H3/t15-,16-,17-,18-,20+,21-/m1/s1. The summed E-state index contributed by atoms with van der Waals surface area (Å²) in [6.07, 6.45) is 10.1. The summed E-state index contributed by atoms with van der Waals surface area (Å²) in [5.74, 6) is 2.28. The first-order valence-electron chi connectivity index (χ1n) is 9.82. The molecule has 3 saturated carbocycles. The summed E-state index contributed by atoms with van der Waals surface area (Å²) in [4.78, 5) is 23.9. The van der Waals surface area contributed by atoms with Crippen LogP contribution in [0.4, 0.5) is 0 Å². The molecule has 0 aromatic heterocycles. The quantitative estimate of drug-likeness (QED) is 0.703. The largest absolute Gasteiger partial charge is 0.462 e. The number of hydrogen-bond donors (Lipinski definition) is 0. The number of hydrogen-bond acceptors (Lipinski definition) is 3. The number of carbonyl (C=O) groups excluding carboxylic acids is 2. The highest BCUT2D eigenvalue weighted by Gasteiger charge is 2.60. The molecule has 0 N–H and O–H groups in total. The van der Waals surface area contributed by atoms with Crippen molar-refractivity contribution < 1.29 is 14.3 Å². The number of ether oxygens (including phenoxy) is 1. The molecule has 0 radical (unpaired) electrons. The smallest absolute Gasteiger partial charge is 0.305 e. The van der Waals surface area contributed by atoms with E-state index in [0.29, 0.717) is 30.0 Å². The molecule has 0 unspecified atom stereocenters. The molecule has 0 heterocycles. The topological polar surface area (TPSA) is 43.4 Å². The molecule has 0 saturated heterocycles. The van der Waals surface area contributed by atoms with Gasteiger partial charge in [0, 0.05) is 18.3 Å². The molecule has 3 heteroatoms. The maximum Gasteiger partial charge on any atom is 0.305 e. The second-order valence-electron chi connectivity index (χ2n) is 9.10. The van der Waals surface area contributed by atoms with E-state index >= 15 is 0 Å². The molecule has 0 aromatic rings. The summed E-state index contributed by atoms with van der Waals surface area (Å²) in [6.45, 7) is 6.58. The Morgan fingerprint density at radius 2 is 2.00 bits per heavy atom.